The van der Waals surface area contributed by atoms with E-state index in [0.717, 1.165) is 18.2 Å². The molecule has 1 N–H and O–H groups in total. The molecule has 0 saturated heterocycles. The number of nitrogens with zero attached hydrogens (tertiary/aromatic N) is 1. The summed E-state index contributed by atoms with van der Waals surface area (Å²) in [6, 6.07) is -1.63. The van der Waals surface area contributed by atoms with Gasteiger partial charge >= 0.3 is 0 Å². The van der Waals surface area contributed by atoms with E-state index in [-0.39, 0.29) is 0 Å². The predicted octanol–water partition coefficient (Wildman–Crippen LogP) is 1.62. The summed E-state index contributed by atoms with van der Waals surface area (Å²) >= 11 is 2.53. The molecule has 0 radical (unpaired) electrons. The van der Waals surface area contributed by atoms with Gasteiger partial charge in [0.15, 0.2) is 11.1 Å². The average molecular weight is 255 g/mol. The molecule has 0 heterocycles. The topological polar surface area (TPSA) is 55.2 Å². The zero-order chi connectivity index (χ0) is 10.1. The Hall–Kier alpha value is -0.980. The molecule has 0 saturated carbocycles. The molecule has 1 rings (SSSR count). The first-order valence-corrected chi connectivity index (χ1v) is 4.06. The van der Waals surface area contributed by atoms with Gasteiger partial charge in [-0.1, -0.05) is 6.08 Å². The molecular formula is C6H5BrF2N2O2. The van der Waals surface area contributed by atoms with E-state index in [0.29, 0.717) is 0 Å². The van der Waals surface area contributed by atoms with Crippen molar-refractivity contribution in [1.29, 1.82) is 0 Å². The second-order valence-corrected chi connectivity index (χ2v) is 3.62. The summed E-state index contributed by atoms with van der Waals surface area (Å²) < 4.78 is 23.9. The van der Waals surface area contributed by atoms with E-state index in [2.05, 4.69) is 15.9 Å². The summed E-state index contributed by atoms with van der Waals surface area (Å²) in [4.78, 5) is 9.99. The molecule has 7 heteroatoms. The minimum Gasteiger partial charge on any atom is -0.235 e. The highest BCUT2D eigenvalue weighted by Crippen LogP contribution is 2.33. The summed E-state index contributed by atoms with van der Waals surface area (Å²) in [5.74, 6) is -0.932. The van der Waals surface area contributed by atoms with Gasteiger partial charge in [-0.25, -0.2) is 18.9 Å². The zero-order valence-electron chi connectivity index (χ0n) is 6.21. The Morgan fingerprint density at radius 1 is 1.77 bits per heavy atom. The van der Waals surface area contributed by atoms with E-state index in [1.807, 2.05) is 0 Å². The van der Waals surface area contributed by atoms with Crippen LogP contribution in [0.3, 0.4) is 0 Å². The largest absolute Gasteiger partial charge is 0.235 e. The smallest absolute Gasteiger partial charge is 0.215 e. The fourth-order valence-corrected chi connectivity index (χ4v) is 1.37. The van der Waals surface area contributed by atoms with Gasteiger partial charge in [0.25, 0.3) is 0 Å². The lowest BCUT2D eigenvalue weighted by Crippen LogP contribution is -2.47. The normalized spacial score (nSPS) is 32.5. The van der Waals surface area contributed by atoms with Crippen LogP contribution >= 0.6 is 15.9 Å². The molecule has 1 aliphatic carbocycles. The fraction of sp³-hybridized carbons (Fsp3) is 0.333. The molecule has 0 fully saturated rings. The molecular weight excluding hydrogens is 250 g/mol. The van der Waals surface area contributed by atoms with Gasteiger partial charge in [-0.15, -0.1) is 5.43 Å². The van der Waals surface area contributed by atoms with Crippen molar-refractivity contribution in [3.05, 3.63) is 34.2 Å². The first-order chi connectivity index (χ1) is 5.93. The molecule has 0 amide bonds. The van der Waals surface area contributed by atoms with E-state index < -0.39 is 21.5 Å². The van der Waals surface area contributed by atoms with Crippen molar-refractivity contribution in [2.45, 2.75) is 10.6 Å². The molecule has 13 heavy (non-hydrogen) atoms. The van der Waals surface area contributed by atoms with Crippen LogP contribution in [0.1, 0.15) is 0 Å². The highest BCUT2D eigenvalue weighted by Gasteiger charge is 2.42. The Morgan fingerprint density at radius 2 is 2.38 bits per heavy atom. The van der Waals surface area contributed by atoms with E-state index in [1.165, 1.54) is 5.43 Å². The Kier molecular flexibility index (Phi) is 2.65. The fourth-order valence-electron chi connectivity index (χ4n) is 0.898. The third-order valence-corrected chi connectivity index (χ3v) is 2.19. The molecule has 72 valence electrons. The Morgan fingerprint density at radius 3 is 2.85 bits per heavy atom. The van der Waals surface area contributed by atoms with Crippen molar-refractivity contribution >= 4 is 15.9 Å². The summed E-state index contributed by atoms with van der Waals surface area (Å²) in [6.45, 7) is 0. The molecule has 0 aromatic carbocycles. The van der Waals surface area contributed by atoms with Crippen molar-refractivity contribution in [3.8, 4) is 0 Å². The van der Waals surface area contributed by atoms with Crippen LogP contribution in [-0.4, -0.2) is 15.7 Å². The Bertz CT molecular complexity index is 290. The number of rotatable bonds is 2. The van der Waals surface area contributed by atoms with Gasteiger partial charge in [0.05, 0.1) is 0 Å². The minimum absolute atomic E-state index is 0.932. The van der Waals surface area contributed by atoms with Gasteiger partial charge in [-0.2, -0.15) is 0 Å². The standard InChI is InChI=1S/C6H5BrF2N2O2/c7-6(9)3-1-2-4(8)5(6)10-11(12)13/h1-3,5,10H. The predicted molar refractivity (Wildman–Crippen MR) is 45.0 cm³/mol. The SMILES string of the molecule is O=[N+]([O-])NC1C(F)=CC=CC1(F)Br. The average Bonchev–Trinajstić information content (AvgIpc) is 1.96. The maximum Gasteiger partial charge on any atom is 0.215 e. The monoisotopic (exact) mass is 254 g/mol. The summed E-state index contributed by atoms with van der Waals surface area (Å²) in [7, 11) is 0. The highest BCUT2D eigenvalue weighted by molar-refractivity contribution is 9.10. The number of nitro groups is 1. The van der Waals surface area contributed by atoms with E-state index >= 15 is 0 Å². The van der Waals surface area contributed by atoms with Crippen LogP contribution in [0.5, 0.6) is 0 Å². The van der Waals surface area contributed by atoms with Gasteiger partial charge in [0.2, 0.25) is 4.58 Å². The second-order valence-electron chi connectivity index (χ2n) is 2.40. The number of alkyl halides is 2. The molecule has 0 aromatic rings. The molecule has 0 bridgehead atoms. The number of nitrogens with one attached hydrogen (secondary N) is 1. The van der Waals surface area contributed by atoms with Crippen LogP contribution in [0.25, 0.3) is 0 Å². The number of hydrogen-bond acceptors (Lipinski definition) is 2. The van der Waals surface area contributed by atoms with E-state index in [1.54, 1.807) is 0 Å². The van der Waals surface area contributed by atoms with Crippen molar-refractivity contribution < 1.29 is 13.8 Å². The van der Waals surface area contributed by atoms with Crippen LogP contribution in [0.2, 0.25) is 0 Å². The van der Waals surface area contributed by atoms with Crippen molar-refractivity contribution in [1.82, 2.24) is 5.43 Å². The maximum absolute atomic E-state index is 13.3. The summed E-state index contributed by atoms with van der Waals surface area (Å²) in [5.41, 5.74) is 1.53. The van der Waals surface area contributed by atoms with Crippen molar-refractivity contribution in [2.24, 2.45) is 0 Å². The highest BCUT2D eigenvalue weighted by atomic mass is 79.9. The quantitative estimate of drug-likeness (QED) is 0.463. The Labute approximate surface area is 80.6 Å². The van der Waals surface area contributed by atoms with Crippen molar-refractivity contribution in [3.63, 3.8) is 0 Å². The van der Waals surface area contributed by atoms with Crippen LogP contribution in [0.4, 0.5) is 8.78 Å². The second kappa shape index (κ2) is 3.41. The number of hydrazine groups is 1. The Balaban J connectivity index is 2.86. The summed E-state index contributed by atoms with van der Waals surface area (Å²) in [6.07, 6.45) is 3.08. The van der Waals surface area contributed by atoms with Gasteiger partial charge in [0, 0.05) is 0 Å². The number of allylic oxidation sites excluding steroid dienone is 2. The van der Waals surface area contributed by atoms with E-state index in [9.17, 15) is 18.9 Å². The van der Waals surface area contributed by atoms with Gasteiger partial charge < -0.3 is 0 Å². The minimum atomic E-state index is -2.26. The van der Waals surface area contributed by atoms with Crippen LogP contribution in [-0.2, 0) is 0 Å². The molecule has 2 unspecified atom stereocenters. The van der Waals surface area contributed by atoms with Crippen LogP contribution in [0, 0.1) is 10.1 Å². The number of hydrogen-bond donors (Lipinski definition) is 1. The third kappa shape index (κ3) is 2.24. The van der Waals surface area contributed by atoms with E-state index in [4.69, 9.17) is 0 Å². The molecule has 4 nitrogen and oxygen atoms in total. The molecule has 0 aliphatic heterocycles. The maximum atomic E-state index is 13.3. The van der Waals surface area contributed by atoms with Crippen LogP contribution < -0.4 is 5.43 Å². The molecule has 1 aliphatic rings. The van der Waals surface area contributed by atoms with Gasteiger partial charge in [-0.05, 0) is 28.1 Å². The first kappa shape index (κ1) is 10.1. The number of halogens is 3. The molecule has 0 aromatic heterocycles. The molecule has 0 spiro atoms. The summed E-state index contributed by atoms with van der Waals surface area (Å²) in [5, 5.41) is 9.00. The zero-order valence-corrected chi connectivity index (χ0v) is 7.79. The van der Waals surface area contributed by atoms with Crippen LogP contribution in [0.15, 0.2) is 24.1 Å². The van der Waals surface area contributed by atoms with Gasteiger partial charge in [-0.3, -0.25) is 0 Å². The lowest BCUT2D eigenvalue weighted by Gasteiger charge is -2.23. The third-order valence-electron chi connectivity index (χ3n) is 1.47. The molecule has 2 atom stereocenters. The lowest BCUT2D eigenvalue weighted by molar-refractivity contribution is -0.551. The lowest BCUT2D eigenvalue weighted by atomic mass is 10.1. The van der Waals surface area contributed by atoms with Gasteiger partial charge in [0.1, 0.15) is 5.83 Å². The first-order valence-electron chi connectivity index (χ1n) is 3.27. The van der Waals surface area contributed by atoms with Crippen molar-refractivity contribution in [2.75, 3.05) is 0 Å².